The van der Waals surface area contributed by atoms with Crippen LogP contribution in [0.15, 0.2) is 18.2 Å². The van der Waals surface area contributed by atoms with Gasteiger partial charge in [0.15, 0.2) is 0 Å². The van der Waals surface area contributed by atoms with Gasteiger partial charge in [0.25, 0.3) is 0 Å². The van der Waals surface area contributed by atoms with Crippen LogP contribution in [0.4, 0.5) is 0 Å². The Morgan fingerprint density at radius 3 is 3.12 bits per heavy atom. The van der Waals surface area contributed by atoms with Crippen LogP contribution in [-0.2, 0) is 6.42 Å². The van der Waals surface area contributed by atoms with Crippen molar-refractivity contribution in [2.75, 3.05) is 6.61 Å². The second kappa shape index (κ2) is 5.85. The van der Waals surface area contributed by atoms with Crippen molar-refractivity contribution in [1.82, 2.24) is 5.32 Å². The standard InChI is InChI=1S/C14H20ClNO/c1-10(3-2-8-17)16-14-7-4-11-9-12(15)5-6-13(11)14/h5-6,9-10,14,16-17H,2-4,7-8H2,1H3. The van der Waals surface area contributed by atoms with E-state index in [1.807, 2.05) is 6.07 Å². The second-order valence-corrected chi connectivity index (χ2v) is 5.30. The lowest BCUT2D eigenvalue weighted by atomic mass is 10.1. The molecule has 0 heterocycles. The summed E-state index contributed by atoms with van der Waals surface area (Å²) in [7, 11) is 0. The largest absolute Gasteiger partial charge is 0.396 e. The summed E-state index contributed by atoms with van der Waals surface area (Å²) in [6.07, 6.45) is 4.16. The molecule has 2 atom stereocenters. The van der Waals surface area contributed by atoms with Gasteiger partial charge >= 0.3 is 0 Å². The van der Waals surface area contributed by atoms with E-state index >= 15 is 0 Å². The molecule has 0 fully saturated rings. The quantitative estimate of drug-likeness (QED) is 0.845. The van der Waals surface area contributed by atoms with E-state index in [4.69, 9.17) is 16.7 Å². The van der Waals surface area contributed by atoms with E-state index in [9.17, 15) is 0 Å². The number of aryl methyl sites for hydroxylation is 1. The van der Waals surface area contributed by atoms with Gasteiger partial charge in [0.05, 0.1) is 0 Å². The van der Waals surface area contributed by atoms with Gasteiger partial charge in [-0.2, -0.15) is 0 Å². The summed E-state index contributed by atoms with van der Waals surface area (Å²) in [6, 6.07) is 7.10. The van der Waals surface area contributed by atoms with E-state index in [1.54, 1.807) is 0 Å². The molecule has 17 heavy (non-hydrogen) atoms. The van der Waals surface area contributed by atoms with Gasteiger partial charge in [-0.05, 0) is 55.9 Å². The van der Waals surface area contributed by atoms with E-state index in [0.29, 0.717) is 12.1 Å². The van der Waals surface area contributed by atoms with Crippen molar-refractivity contribution < 1.29 is 5.11 Å². The number of nitrogens with one attached hydrogen (secondary N) is 1. The highest BCUT2D eigenvalue weighted by molar-refractivity contribution is 6.30. The van der Waals surface area contributed by atoms with Gasteiger partial charge in [0.2, 0.25) is 0 Å². The average Bonchev–Trinajstić information content (AvgIpc) is 2.69. The molecule has 2 nitrogen and oxygen atoms in total. The molecule has 2 unspecified atom stereocenters. The number of halogens is 1. The Kier molecular flexibility index (Phi) is 4.43. The Hall–Kier alpha value is -0.570. The maximum Gasteiger partial charge on any atom is 0.0431 e. The number of aliphatic hydroxyl groups excluding tert-OH is 1. The molecule has 0 amide bonds. The van der Waals surface area contributed by atoms with Gasteiger partial charge < -0.3 is 10.4 Å². The van der Waals surface area contributed by atoms with E-state index < -0.39 is 0 Å². The topological polar surface area (TPSA) is 32.3 Å². The zero-order chi connectivity index (χ0) is 12.3. The molecule has 0 saturated carbocycles. The first-order valence-electron chi connectivity index (χ1n) is 6.36. The molecule has 3 heteroatoms. The minimum absolute atomic E-state index is 0.281. The molecular formula is C14H20ClNO. The molecule has 1 aromatic carbocycles. The monoisotopic (exact) mass is 253 g/mol. The maximum absolute atomic E-state index is 8.82. The van der Waals surface area contributed by atoms with Gasteiger partial charge in [0, 0.05) is 23.7 Å². The summed E-state index contributed by atoms with van der Waals surface area (Å²) >= 11 is 6.00. The summed E-state index contributed by atoms with van der Waals surface area (Å²) in [5.41, 5.74) is 2.77. The Morgan fingerprint density at radius 2 is 2.35 bits per heavy atom. The van der Waals surface area contributed by atoms with Crippen molar-refractivity contribution in [1.29, 1.82) is 0 Å². The molecular weight excluding hydrogens is 234 g/mol. The fourth-order valence-electron chi connectivity index (χ4n) is 2.58. The second-order valence-electron chi connectivity index (χ2n) is 4.87. The number of fused-ring (bicyclic) bond motifs is 1. The van der Waals surface area contributed by atoms with Gasteiger partial charge in [-0.1, -0.05) is 17.7 Å². The first-order chi connectivity index (χ1) is 8.20. The molecule has 2 N–H and O–H groups in total. The summed E-state index contributed by atoms with van der Waals surface area (Å²) < 4.78 is 0. The minimum Gasteiger partial charge on any atom is -0.396 e. The highest BCUT2D eigenvalue weighted by atomic mass is 35.5. The van der Waals surface area contributed by atoms with Gasteiger partial charge in [-0.25, -0.2) is 0 Å². The van der Waals surface area contributed by atoms with E-state index in [2.05, 4.69) is 24.4 Å². The zero-order valence-corrected chi connectivity index (χ0v) is 11.0. The van der Waals surface area contributed by atoms with Crippen LogP contribution in [0.1, 0.15) is 43.4 Å². The van der Waals surface area contributed by atoms with Crippen LogP contribution in [0.2, 0.25) is 5.02 Å². The summed E-state index contributed by atoms with van der Waals surface area (Å²) in [6.45, 7) is 2.46. The Balaban J connectivity index is 1.97. The Morgan fingerprint density at radius 1 is 1.53 bits per heavy atom. The summed E-state index contributed by atoms with van der Waals surface area (Å²) in [4.78, 5) is 0. The predicted molar refractivity (Wildman–Crippen MR) is 71.4 cm³/mol. The first-order valence-corrected chi connectivity index (χ1v) is 6.73. The van der Waals surface area contributed by atoms with Gasteiger partial charge in [-0.15, -0.1) is 0 Å². The zero-order valence-electron chi connectivity index (χ0n) is 10.2. The van der Waals surface area contributed by atoms with Crippen LogP contribution in [0.25, 0.3) is 0 Å². The molecule has 0 radical (unpaired) electrons. The lowest BCUT2D eigenvalue weighted by molar-refractivity contribution is 0.273. The number of hydrogen-bond acceptors (Lipinski definition) is 2. The molecule has 0 saturated heterocycles. The smallest absolute Gasteiger partial charge is 0.0431 e. The Bertz CT molecular complexity index is 380. The third kappa shape index (κ3) is 3.21. The molecule has 1 aliphatic rings. The van der Waals surface area contributed by atoms with E-state index in [0.717, 1.165) is 30.7 Å². The van der Waals surface area contributed by atoms with E-state index in [-0.39, 0.29) is 6.61 Å². The minimum atomic E-state index is 0.281. The highest BCUT2D eigenvalue weighted by Crippen LogP contribution is 2.33. The SMILES string of the molecule is CC(CCCO)NC1CCc2cc(Cl)ccc21. The van der Waals surface area contributed by atoms with Crippen molar-refractivity contribution in [3.8, 4) is 0 Å². The van der Waals surface area contributed by atoms with E-state index in [1.165, 1.54) is 11.1 Å². The van der Waals surface area contributed by atoms with Crippen molar-refractivity contribution >= 4 is 11.6 Å². The normalized spacial score (nSPS) is 20.3. The lowest BCUT2D eigenvalue weighted by Gasteiger charge is -2.20. The molecule has 1 aliphatic carbocycles. The average molecular weight is 254 g/mol. The van der Waals surface area contributed by atoms with Crippen molar-refractivity contribution in [3.63, 3.8) is 0 Å². The van der Waals surface area contributed by atoms with Crippen LogP contribution in [0, 0.1) is 0 Å². The lowest BCUT2D eigenvalue weighted by Crippen LogP contribution is -2.29. The van der Waals surface area contributed by atoms with Crippen molar-refractivity contribution in [3.05, 3.63) is 34.3 Å². The number of aliphatic hydroxyl groups is 1. The molecule has 0 aromatic heterocycles. The van der Waals surface area contributed by atoms with Gasteiger partial charge in [0.1, 0.15) is 0 Å². The van der Waals surface area contributed by atoms with Crippen molar-refractivity contribution in [2.24, 2.45) is 0 Å². The third-order valence-electron chi connectivity index (χ3n) is 3.46. The number of hydrogen-bond donors (Lipinski definition) is 2. The van der Waals surface area contributed by atoms with Crippen molar-refractivity contribution in [2.45, 2.75) is 44.7 Å². The first kappa shape index (κ1) is 12.9. The van der Waals surface area contributed by atoms with Crippen LogP contribution in [0.5, 0.6) is 0 Å². The van der Waals surface area contributed by atoms with Crippen LogP contribution >= 0.6 is 11.6 Å². The molecule has 0 bridgehead atoms. The number of rotatable bonds is 5. The van der Waals surface area contributed by atoms with Gasteiger partial charge in [-0.3, -0.25) is 0 Å². The highest BCUT2D eigenvalue weighted by Gasteiger charge is 2.23. The maximum atomic E-state index is 8.82. The third-order valence-corrected chi connectivity index (χ3v) is 3.70. The molecule has 2 rings (SSSR count). The fourth-order valence-corrected chi connectivity index (χ4v) is 2.78. The molecule has 0 aliphatic heterocycles. The van der Waals surface area contributed by atoms with Crippen LogP contribution in [-0.4, -0.2) is 17.8 Å². The number of benzene rings is 1. The summed E-state index contributed by atoms with van der Waals surface area (Å²) in [5, 5.41) is 13.3. The molecule has 1 aromatic rings. The van der Waals surface area contributed by atoms with Crippen LogP contribution < -0.4 is 5.32 Å². The van der Waals surface area contributed by atoms with Crippen LogP contribution in [0.3, 0.4) is 0 Å². The Labute approximate surface area is 108 Å². The summed E-state index contributed by atoms with van der Waals surface area (Å²) in [5.74, 6) is 0. The fraction of sp³-hybridized carbons (Fsp3) is 0.571. The predicted octanol–water partition coefficient (Wildman–Crippen LogP) is 3.08. The molecule has 94 valence electrons. The molecule has 0 spiro atoms.